The summed E-state index contributed by atoms with van der Waals surface area (Å²) in [5.41, 5.74) is 1.60. The number of nitrogens with one attached hydrogen (secondary N) is 2. The number of carbonyl (C=O) groups is 1. The summed E-state index contributed by atoms with van der Waals surface area (Å²) in [6.07, 6.45) is 2.85. The first-order valence-electron chi connectivity index (χ1n) is 7.12. The van der Waals surface area contributed by atoms with Crippen molar-refractivity contribution in [1.82, 2.24) is 9.97 Å². The van der Waals surface area contributed by atoms with E-state index in [9.17, 15) is 4.79 Å². The van der Waals surface area contributed by atoms with E-state index in [1.54, 1.807) is 42.5 Å². The highest BCUT2D eigenvalue weighted by atomic mass is 35.5. The molecule has 0 aliphatic carbocycles. The Labute approximate surface area is 159 Å². The molecule has 0 saturated heterocycles. The number of halogens is 3. The van der Waals surface area contributed by atoms with Crippen molar-refractivity contribution < 1.29 is 4.79 Å². The maximum atomic E-state index is 12.2. The minimum atomic E-state index is -0.320. The average molecular weight is 394 g/mol. The molecule has 3 aromatic rings. The number of hydrogen-bond acceptors (Lipinski definition) is 4. The van der Waals surface area contributed by atoms with Gasteiger partial charge in [0.25, 0.3) is 5.91 Å². The molecule has 0 fully saturated rings. The molecule has 0 spiro atoms. The summed E-state index contributed by atoms with van der Waals surface area (Å²) in [5.74, 6) is 0.000971. The predicted octanol–water partition coefficient (Wildman–Crippen LogP) is 5.43. The van der Waals surface area contributed by atoms with Crippen molar-refractivity contribution in [3.8, 4) is 0 Å². The van der Waals surface area contributed by atoms with E-state index < -0.39 is 0 Å². The fourth-order valence-electron chi connectivity index (χ4n) is 2.00. The number of aromatic nitrogens is 2. The summed E-state index contributed by atoms with van der Waals surface area (Å²) in [6.45, 7) is 0. The third-order valence-electron chi connectivity index (χ3n) is 3.13. The quantitative estimate of drug-likeness (QED) is 0.620. The van der Waals surface area contributed by atoms with Gasteiger partial charge in [-0.3, -0.25) is 4.79 Å². The van der Waals surface area contributed by atoms with Crippen LogP contribution in [0, 0.1) is 0 Å². The number of amides is 1. The van der Waals surface area contributed by atoms with E-state index in [-0.39, 0.29) is 5.91 Å². The molecule has 5 nitrogen and oxygen atoms in total. The molecule has 2 N–H and O–H groups in total. The van der Waals surface area contributed by atoms with Crippen LogP contribution >= 0.6 is 34.8 Å². The van der Waals surface area contributed by atoms with Gasteiger partial charge in [0.15, 0.2) is 0 Å². The van der Waals surface area contributed by atoms with Crippen LogP contribution in [-0.4, -0.2) is 15.9 Å². The smallest absolute Gasteiger partial charge is 0.258 e. The molecule has 3 rings (SSSR count). The van der Waals surface area contributed by atoms with E-state index in [1.165, 1.54) is 12.4 Å². The molecular weight excluding hydrogens is 383 g/mol. The van der Waals surface area contributed by atoms with Crippen LogP contribution in [0.2, 0.25) is 15.1 Å². The van der Waals surface area contributed by atoms with Crippen molar-refractivity contribution >= 4 is 58.0 Å². The summed E-state index contributed by atoms with van der Waals surface area (Å²) in [4.78, 5) is 20.4. The van der Waals surface area contributed by atoms with E-state index in [0.717, 1.165) is 0 Å². The molecule has 0 bridgehead atoms. The zero-order valence-electron chi connectivity index (χ0n) is 12.6. The van der Waals surface area contributed by atoms with Crippen molar-refractivity contribution in [3.05, 3.63) is 75.5 Å². The Balaban J connectivity index is 1.68. The Hall–Kier alpha value is -2.34. The molecule has 0 atom stereocenters. The number of hydrogen-bond donors (Lipinski definition) is 2. The van der Waals surface area contributed by atoms with Gasteiger partial charge in [-0.1, -0.05) is 34.8 Å². The van der Waals surface area contributed by atoms with Crippen molar-refractivity contribution in [2.45, 2.75) is 0 Å². The van der Waals surface area contributed by atoms with E-state index in [2.05, 4.69) is 20.6 Å². The van der Waals surface area contributed by atoms with Gasteiger partial charge in [0, 0.05) is 38.8 Å². The first-order valence-corrected chi connectivity index (χ1v) is 8.25. The first-order chi connectivity index (χ1) is 12.0. The number of anilines is 3. The molecule has 0 unspecified atom stereocenters. The highest BCUT2D eigenvalue weighted by Gasteiger charge is 2.08. The number of carbonyl (C=O) groups excluding carboxylic acids is 1. The van der Waals surface area contributed by atoms with Crippen LogP contribution in [0.15, 0.2) is 54.9 Å². The molecule has 1 heterocycles. The SMILES string of the molecule is O=C(Nc1ccc(Cl)cc1)c1cnc(Nc2cc(Cl)cc(Cl)c2)nc1. The summed E-state index contributed by atoms with van der Waals surface area (Å²) in [6, 6.07) is 11.8. The zero-order chi connectivity index (χ0) is 17.8. The van der Waals surface area contributed by atoms with Crippen LogP contribution in [0.1, 0.15) is 10.4 Å². The maximum absolute atomic E-state index is 12.2. The molecule has 0 saturated carbocycles. The minimum Gasteiger partial charge on any atom is -0.324 e. The lowest BCUT2D eigenvalue weighted by molar-refractivity contribution is 0.102. The van der Waals surface area contributed by atoms with E-state index in [1.807, 2.05) is 0 Å². The second-order valence-electron chi connectivity index (χ2n) is 5.04. The van der Waals surface area contributed by atoms with Crippen molar-refractivity contribution in [2.24, 2.45) is 0 Å². The van der Waals surface area contributed by atoms with E-state index in [4.69, 9.17) is 34.8 Å². The summed E-state index contributed by atoms with van der Waals surface area (Å²) in [5, 5.41) is 7.29. The Kier molecular flexibility index (Phi) is 5.38. The fraction of sp³-hybridized carbons (Fsp3) is 0. The molecule has 1 aromatic heterocycles. The lowest BCUT2D eigenvalue weighted by Gasteiger charge is -2.07. The molecule has 126 valence electrons. The van der Waals surface area contributed by atoms with Crippen molar-refractivity contribution in [2.75, 3.05) is 10.6 Å². The van der Waals surface area contributed by atoms with E-state index >= 15 is 0 Å². The van der Waals surface area contributed by atoms with Crippen LogP contribution < -0.4 is 10.6 Å². The molecule has 25 heavy (non-hydrogen) atoms. The summed E-state index contributed by atoms with van der Waals surface area (Å²) < 4.78 is 0. The van der Waals surface area contributed by atoms with Gasteiger partial charge in [0.1, 0.15) is 0 Å². The second kappa shape index (κ2) is 7.70. The number of rotatable bonds is 4. The molecule has 2 aromatic carbocycles. The number of nitrogens with zero attached hydrogens (tertiary/aromatic N) is 2. The van der Waals surface area contributed by atoms with E-state index in [0.29, 0.717) is 38.0 Å². The fourth-order valence-corrected chi connectivity index (χ4v) is 2.65. The highest BCUT2D eigenvalue weighted by Crippen LogP contribution is 2.24. The topological polar surface area (TPSA) is 66.9 Å². The Morgan fingerprint density at radius 1 is 0.800 bits per heavy atom. The number of benzene rings is 2. The molecule has 0 aliphatic rings. The Morgan fingerprint density at radius 3 is 2.00 bits per heavy atom. The monoisotopic (exact) mass is 392 g/mol. The van der Waals surface area contributed by atoms with Crippen molar-refractivity contribution in [1.29, 1.82) is 0 Å². The van der Waals surface area contributed by atoms with Gasteiger partial charge in [0.05, 0.1) is 5.56 Å². The van der Waals surface area contributed by atoms with Gasteiger partial charge in [-0.2, -0.15) is 0 Å². The normalized spacial score (nSPS) is 10.4. The van der Waals surface area contributed by atoms with Crippen LogP contribution in [0.25, 0.3) is 0 Å². The molecule has 0 radical (unpaired) electrons. The van der Waals surface area contributed by atoms with Crippen molar-refractivity contribution in [3.63, 3.8) is 0 Å². The van der Waals surface area contributed by atoms with Gasteiger partial charge in [-0.25, -0.2) is 9.97 Å². The van der Waals surface area contributed by atoms with Gasteiger partial charge in [-0.05, 0) is 42.5 Å². The zero-order valence-corrected chi connectivity index (χ0v) is 14.9. The summed E-state index contributed by atoms with van der Waals surface area (Å²) in [7, 11) is 0. The Morgan fingerprint density at radius 2 is 1.40 bits per heavy atom. The van der Waals surface area contributed by atoms with Gasteiger partial charge in [-0.15, -0.1) is 0 Å². The third-order valence-corrected chi connectivity index (χ3v) is 3.82. The standard InChI is InChI=1S/C17H11Cl3N4O/c18-11-1-3-14(4-2-11)23-16(25)10-8-21-17(22-9-10)24-15-6-12(19)5-13(20)7-15/h1-9H,(H,23,25)(H,21,22,24). The molecular formula is C17H11Cl3N4O. The second-order valence-corrected chi connectivity index (χ2v) is 6.35. The maximum Gasteiger partial charge on any atom is 0.258 e. The van der Waals surface area contributed by atoms with Gasteiger partial charge < -0.3 is 10.6 Å². The lowest BCUT2D eigenvalue weighted by atomic mass is 10.3. The highest BCUT2D eigenvalue weighted by molar-refractivity contribution is 6.35. The Bertz CT molecular complexity index is 879. The third kappa shape index (κ3) is 4.82. The first kappa shape index (κ1) is 17.5. The largest absolute Gasteiger partial charge is 0.324 e. The van der Waals surface area contributed by atoms with Crippen LogP contribution in [0.5, 0.6) is 0 Å². The average Bonchev–Trinajstić information content (AvgIpc) is 2.56. The van der Waals surface area contributed by atoms with Crippen LogP contribution in [0.3, 0.4) is 0 Å². The summed E-state index contributed by atoms with van der Waals surface area (Å²) >= 11 is 17.7. The van der Waals surface area contributed by atoms with Gasteiger partial charge in [0.2, 0.25) is 5.95 Å². The van der Waals surface area contributed by atoms with Crippen LogP contribution in [-0.2, 0) is 0 Å². The van der Waals surface area contributed by atoms with Crippen LogP contribution in [0.4, 0.5) is 17.3 Å². The molecule has 0 aliphatic heterocycles. The van der Waals surface area contributed by atoms with Gasteiger partial charge >= 0.3 is 0 Å². The molecule has 8 heteroatoms. The predicted molar refractivity (Wildman–Crippen MR) is 101 cm³/mol. The lowest BCUT2D eigenvalue weighted by Crippen LogP contribution is -2.13. The molecule has 1 amide bonds. The minimum absolute atomic E-state index is 0.320.